The van der Waals surface area contributed by atoms with Crippen LogP contribution in [0, 0.1) is 0 Å². The lowest BCUT2D eigenvalue weighted by Gasteiger charge is -1.94. The zero-order valence-corrected chi connectivity index (χ0v) is 9.66. The van der Waals surface area contributed by atoms with Crippen LogP contribution in [0.2, 0.25) is 0 Å². The molecule has 0 aliphatic heterocycles. The molecule has 14 heavy (non-hydrogen) atoms. The maximum absolute atomic E-state index is 4.94. The Balaban J connectivity index is 2.31. The zero-order chi connectivity index (χ0) is 10.2. The summed E-state index contributed by atoms with van der Waals surface area (Å²) < 4.78 is 5.91. The van der Waals surface area contributed by atoms with Gasteiger partial charge in [0.25, 0.3) is 0 Å². The number of hydrogen-bond donors (Lipinski definition) is 1. The van der Waals surface area contributed by atoms with E-state index in [1.165, 1.54) is 0 Å². The summed E-state index contributed by atoms with van der Waals surface area (Å²) in [6, 6.07) is 0. The van der Waals surface area contributed by atoms with Crippen molar-refractivity contribution in [1.82, 2.24) is 10.2 Å². The molecule has 0 radical (unpaired) electrons. The predicted octanol–water partition coefficient (Wildman–Crippen LogP) is 1.87. The summed E-state index contributed by atoms with van der Waals surface area (Å²) in [6.45, 7) is 5.07. The fraction of sp³-hybridized carbons (Fsp3) is 0.500. The highest BCUT2D eigenvalue weighted by atomic mass is 32.2. The molecule has 1 aromatic heterocycles. The first-order chi connectivity index (χ1) is 6.86. The molecule has 0 fully saturated rings. The molecule has 1 aromatic rings. The van der Waals surface area contributed by atoms with Crippen molar-refractivity contribution in [3.63, 3.8) is 0 Å². The first kappa shape index (κ1) is 11.5. The van der Waals surface area contributed by atoms with Crippen LogP contribution in [0.15, 0.2) is 17.0 Å². The van der Waals surface area contributed by atoms with Gasteiger partial charge in [-0.2, -0.15) is 0 Å². The highest BCUT2D eigenvalue weighted by molar-refractivity contribution is 8.01. The van der Waals surface area contributed by atoms with Gasteiger partial charge in [-0.15, -0.1) is 16.8 Å². The van der Waals surface area contributed by atoms with Crippen molar-refractivity contribution >= 4 is 28.2 Å². The minimum atomic E-state index is 0.720. The van der Waals surface area contributed by atoms with Gasteiger partial charge >= 0.3 is 0 Å². The fourth-order valence-electron chi connectivity index (χ4n) is 0.711. The summed E-state index contributed by atoms with van der Waals surface area (Å²) in [5, 5.41) is 11.9. The third-order valence-corrected chi connectivity index (χ3v) is 3.30. The standard InChI is InChI=1S/C8H13N3OS2/c1-3-4-9-7-10-11-8(14-7)13-6-5-12-2/h3H,1,4-6H2,2H3,(H,9,10). The number of anilines is 1. The van der Waals surface area contributed by atoms with Crippen molar-refractivity contribution < 1.29 is 4.74 Å². The van der Waals surface area contributed by atoms with Crippen molar-refractivity contribution in [3.8, 4) is 0 Å². The van der Waals surface area contributed by atoms with Crippen molar-refractivity contribution in [1.29, 1.82) is 0 Å². The number of nitrogens with one attached hydrogen (secondary N) is 1. The Hall–Kier alpha value is -0.590. The first-order valence-electron chi connectivity index (χ1n) is 4.17. The number of methoxy groups -OCH3 is 1. The Bertz CT molecular complexity index is 277. The van der Waals surface area contributed by atoms with E-state index in [0.29, 0.717) is 0 Å². The molecule has 78 valence electrons. The average molecular weight is 231 g/mol. The number of hydrogen-bond acceptors (Lipinski definition) is 6. The molecular weight excluding hydrogens is 218 g/mol. The van der Waals surface area contributed by atoms with Crippen LogP contribution in [0.4, 0.5) is 5.13 Å². The van der Waals surface area contributed by atoms with Gasteiger partial charge in [0.1, 0.15) is 0 Å². The molecule has 0 unspecified atom stereocenters. The second-order valence-corrected chi connectivity index (χ2v) is 4.70. The van der Waals surface area contributed by atoms with Crippen LogP contribution in [0.1, 0.15) is 0 Å². The van der Waals surface area contributed by atoms with E-state index in [-0.39, 0.29) is 0 Å². The Labute approximate surface area is 91.8 Å². The quantitative estimate of drug-likeness (QED) is 0.441. The molecule has 0 spiro atoms. The lowest BCUT2D eigenvalue weighted by molar-refractivity contribution is 0.218. The predicted molar refractivity (Wildman–Crippen MR) is 61.2 cm³/mol. The maximum atomic E-state index is 4.94. The summed E-state index contributed by atoms with van der Waals surface area (Å²) in [4.78, 5) is 0. The molecule has 0 aromatic carbocycles. The van der Waals surface area contributed by atoms with Crippen LogP contribution >= 0.6 is 23.1 Å². The lowest BCUT2D eigenvalue weighted by Crippen LogP contribution is -1.96. The average Bonchev–Trinajstić information content (AvgIpc) is 2.63. The Morgan fingerprint density at radius 2 is 2.50 bits per heavy atom. The summed E-state index contributed by atoms with van der Waals surface area (Å²) in [7, 11) is 1.69. The molecule has 0 saturated carbocycles. The van der Waals surface area contributed by atoms with Crippen LogP contribution in [0.3, 0.4) is 0 Å². The Kier molecular flexibility index (Phi) is 5.58. The normalized spacial score (nSPS) is 10.1. The van der Waals surface area contributed by atoms with E-state index in [2.05, 4.69) is 22.1 Å². The van der Waals surface area contributed by atoms with Gasteiger partial charge in [0.2, 0.25) is 5.13 Å². The molecule has 0 bridgehead atoms. The van der Waals surface area contributed by atoms with Gasteiger partial charge in [-0.05, 0) is 0 Å². The van der Waals surface area contributed by atoms with Gasteiger partial charge < -0.3 is 10.1 Å². The highest BCUT2D eigenvalue weighted by Crippen LogP contribution is 2.24. The van der Waals surface area contributed by atoms with Crippen molar-refractivity contribution in [2.45, 2.75) is 4.34 Å². The molecule has 0 aliphatic rings. The number of thioether (sulfide) groups is 1. The molecule has 0 amide bonds. The zero-order valence-electron chi connectivity index (χ0n) is 8.02. The van der Waals surface area contributed by atoms with Crippen LogP contribution in [-0.2, 0) is 4.74 Å². The fourth-order valence-corrected chi connectivity index (χ4v) is 2.44. The Morgan fingerprint density at radius 1 is 1.64 bits per heavy atom. The van der Waals surface area contributed by atoms with Gasteiger partial charge in [0.05, 0.1) is 6.61 Å². The van der Waals surface area contributed by atoms with E-state index in [1.807, 2.05) is 0 Å². The number of rotatable bonds is 7. The third kappa shape index (κ3) is 4.08. The topological polar surface area (TPSA) is 47.0 Å². The molecule has 0 saturated heterocycles. The molecule has 0 aliphatic carbocycles. The number of nitrogens with zero attached hydrogens (tertiary/aromatic N) is 2. The highest BCUT2D eigenvalue weighted by Gasteiger charge is 2.02. The second kappa shape index (κ2) is 6.80. The van der Waals surface area contributed by atoms with Gasteiger partial charge in [-0.25, -0.2) is 0 Å². The molecule has 0 atom stereocenters. The van der Waals surface area contributed by atoms with Crippen LogP contribution in [0.25, 0.3) is 0 Å². The van der Waals surface area contributed by atoms with Crippen LogP contribution in [0.5, 0.6) is 0 Å². The van der Waals surface area contributed by atoms with Crippen LogP contribution in [-0.4, -0.2) is 36.2 Å². The monoisotopic (exact) mass is 231 g/mol. The second-order valence-electron chi connectivity index (χ2n) is 2.38. The minimum absolute atomic E-state index is 0.720. The van der Waals surface area contributed by atoms with Crippen molar-refractivity contribution in [2.75, 3.05) is 31.3 Å². The van der Waals surface area contributed by atoms with E-state index >= 15 is 0 Å². The summed E-state index contributed by atoms with van der Waals surface area (Å²) >= 11 is 3.20. The van der Waals surface area contributed by atoms with E-state index in [9.17, 15) is 0 Å². The van der Waals surface area contributed by atoms with E-state index in [0.717, 1.165) is 28.4 Å². The van der Waals surface area contributed by atoms with E-state index in [4.69, 9.17) is 4.74 Å². The van der Waals surface area contributed by atoms with Crippen molar-refractivity contribution in [2.24, 2.45) is 0 Å². The largest absolute Gasteiger partial charge is 0.384 e. The summed E-state index contributed by atoms with van der Waals surface area (Å²) in [6.07, 6.45) is 1.79. The van der Waals surface area contributed by atoms with E-state index in [1.54, 1.807) is 36.3 Å². The third-order valence-electron chi connectivity index (χ3n) is 1.32. The maximum Gasteiger partial charge on any atom is 0.206 e. The SMILES string of the molecule is C=CCNc1nnc(SCCOC)s1. The molecular formula is C8H13N3OS2. The molecule has 1 rings (SSSR count). The summed E-state index contributed by atoms with van der Waals surface area (Å²) in [5.41, 5.74) is 0. The molecule has 6 heteroatoms. The summed E-state index contributed by atoms with van der Waals surface area (Å²) in [5.74, 6) is 0.909. The van der Waals surface area contributed by atoms with Gasteiger partial charge in [0.15, 0.2) is 4.34 Å². The smallest absolute Gasteiger partial charge is 0.206 e. The number of ether oxygens (including phenoxy) is 1. The van der Waals surface area contributed by atoms with Crippen LogP contribution < -0.4 is 5.32 Å². The molecule has 4 nitrogen and oxygen atoms in total. The first-order valence-corrected chi connectivity index (χ1v) is 5.97. The van der Waals surface area contributed by atoms with Crippen molar-refractivity contribution in [3.05, 3.63) is 12.7 Å². The van der Waals surface area contributed by atoms with Gasteiger partial charge in [-0.3, -0.25) is 0 Å². The van der Waals surface area contributed by atoms with Gasteiger partial charge in [0, 0.05) is 19.4 Å². The lowest BCUT2D eigenvalue weighted by atomic mass is 10.6. The molecule has 1 heterocycles. The Morgan fingerprint density at radius 3 is 3.21 bits per heavy atom. The van der Waals surface area contributed by atoms with Gasteiger partial charge in [-0.1, -0.05) is 29.2 Å². The minimum Gasteiger partial charge on any atom is -0.384 e. The molecule has 1 N–H and O–H groups in total. The van der Waals surface area contributed by atoms with E-state index < -0.39 is 0 Å². The number of aromatic nitrogens is 2.